The summed E-state index contributed by atoms with van der Waals surface area (Å²) < 4.78 is 40.1. The van der Waals surface area contributed by atoms with E-state index in [2.05, 4.69) is 166 Å². The molecule has 4 N–H and O–H groups in total. The van der Waals surface area contributed by atoms with Crippen LogP contribution < -0.4 is 4.72 Å². The van der Waals surface area contributed by atoms with Crippen LogP contribution in [0.3, 0.4) is 0 Å². The van der Waals surface area contributed by atoms with Crippen molar-refractivity contribution in [1.82, 2.24) is 4.72 Å². The van der Waals surface area contributed by atoms with Gasteiger partial charge in [-0.25, -0.2) is 13.1 Å². The molecule has 0 saturated carbocycles. The molecule has 0 bridgehead atoms. The molecule has 0 atom stereocenters. The number of nitrogens with zero attached hydrogens (tertiary/aromatic N) is 1. The lowest BCUT2D eigenvalue weighted by Gasteiger charge is -2.38. The van der Waals surface area contributed by atoms with Crippen LogP contribution in [-0.4, -0.2) is 95.4 Å². The highest BCUT2D eigenvalue weighted by molar-refractivity contribution is 9.10. The summed E-state index contributed by atoms with van der Waals surface area (Å²) in [6, 6.07) is 0. The summed E-state index contributed by atoms with van der Waals surface area (Å²) in [7, 11) is 1.51. The van der Waals surface area contributed by atoms with Gasteiger partial charge in [0, 0.05) is 17.0 Å². The molecule has 0 aliphatic rings. The number of ether oxygens (including phenoxy) is 1. The van der Waals surface area contributed by atoms with Crippen LogP contribution in [0.2, 0.25) is 0 Å². The summed E-state index contributed by atoms with van der Waals surface area (Å²) >= 11 is 3.38. The Morgan fingerprint density at radius 3 is 0.806 bits per heavy atom. The topological polar surface area (TPSA) is 150 Å². The van der Waals surface area contributed by atoms with E-state index in [4.69, 9.17) is 19.6 Å². The maximum absolute atomic E-state index is 10.5. The number of hydrogen-bond donors (Lipinski definition) is 4. The summed E-state index contributed by atoms with van der Waals surface area (Å²) in [5, 5.41) is 8.25. The molecule has 0 unspecified atom stereocenters. The molecule has 0 aromatic rings. The fourth-order valence-corrected chi connectivity index (χ4v) is 3.98. The maximum atomic E-state index is 10.5. The van der Waals surface area contributed by atoms with E-state index in [0.29, 0.717) is 26.1 Å². The lowest BCUT2D eigenvalue weighted by molar-refractivity contribution is -0.917. The number of carbonyl (C=O) groups is 1. The Hall–Kier alpha value is -0.0700. The number of hydrogen-bond acceptors (Lipinski definition) is 5. The van der Waals surface area contributed by atoms with Gasteiger partial charge in [0.2, 0.25) is 10.0 Å². The molecule has 0 radical (unpaired) electrons. The van der Waals surface area contributed by atoms with Gasteiger partial charge in [-0.2, -0.15) is 0 Å². The number of carboxylic acid groups (broad SMARTS) is 1. The van der Waals surface area contributed by atoms with Gasteiger partial charge in [0.15, 0.2) is 0 Å². The van der Waals surface area contributed by atoms with Crippen LogP contribution in [0.1, 0.15) is 227 Å². The third-order valence-corrected chi connectivity index (χ3v) is 8.94. The van der Waals surface area contributed by atoms with E-state index in [0.717, 1.165) is 10.7 Å². The van der Waals surface area contributed by atoms with Crippen molar-refractivity contribution in [3.63, 3.8) is 0 Å². The maximum Gasteiger partial charge on any atom is 0.326 e. The van der Waals surface area contributed by atoms with Gasteiger partial charge in [0.1, 0.15) is 0 Å². The lowest BCUT2D eigenvalue weighted by Crippen LogP contribution is -2.50. The van der Waals surface area contributed by atoms with E-state index < -0.39 is 23.6 Å². The second-order valence-corrected chi connectivity index (χ2v) is 32.8. The number of nitrogens with one attached hydrogen (secondary N) is 1. The van der Waals surface area contributed by atoms with Crippen LogP contribution in [0.25, 0.3) is 0 Å². The van der Waals surface area contributed by atoms with E-state index >= 15 is 0 Å². The molecule has 0 fully saturated rings. The van der Waals surface area contributed by atoms with Gasteiger partial charge in [-0.05, 0) is 89.4 Å². The van der Waals surface area contributed by atoms with E-state index in [-0.39, 0.29) is 34.6 Å². The molecule has 10 nitrogen and oxygen atoms in total. The molecule has 0 saturated heterocycles. The Kier molecular flexibility index (Phi) is 44.2. The Labute approximate surface area is 400 Å². The van der Waals surface area contributed by atoms with Gasteiger partial charge >= 0.3 is 13.6 Å². The van der Waals surface area contributed by atoms with Gasteiger partial charge < -0.3 is 24.1 Å². The first-order valence-corrected chi connectivity index (χ1v) is 26.6. The van der Waals surface area contributed by atoms with Gasteiger partial charge in [0.25, 0.3) is 0 Å². The van der Waals surface area contributed by atoms with E-state index in [9.17, 15) is 17.8 Å². The van der Waals surface area contributed by atoms with Crippen LogP contribution in [0.5, 0.6) is 0 Å². The molecule has 13 heteroatoms. The lowest BCUT2D eigenvalue weighted by atomic mass is 9.93. The molecule has 0 amide bonds. The number of carboxylic acids is 1. The van der Waals surface area contributed by atoms with Crippen molar-refractivity contribution in [2.75, 3.05) is 40.7 Å². The standard InChI is InChI=1S/C7H18N.C6H12O2.2C6H14.C5H13NO2S.C5H13O3P.C5H12O.C5H12.C4H9Br/c1-7(2,3)8(4,5)6;1-6(2,3)4-5(7)8;2*1-5-6(2,3)4;1-5(2,3)6-9(4,7)8;1-5(2,3)4-9(6,7)8;1-5(2,3)6-4;1-5(2,3)4;1-4(2,3)5/h1-6H3;4H2,1-3H3,(H,7,8);2*5H2,1-4H3;6H,1-4H3;4H2,1-3H3,(H2,6,7,8);1-4H3;1-4H3;1-3H3/q+1;;;;;;;;. The molecule has 0 rings (SSSR count). The van der Waals surface area contributed by atoms with E-state index in [1.807, 2.05) is 41.5 Å². The van der Waals surface area contributed by atoms with Crippen molar-refractivity contribution in [1.29, 1.82) is 0 Å². The zero-order valence-electron chi connectivity index (χ0n) is 48.4. The predicted octanol–water partition coefficient (Wildman–Crippen LogP) is 15.1. The second-order valence-electron chi connectivity index (χ2n) is 27.0. The van der Waals surface area contributed by atoms with E-state index in [1.54, 1.807) is 48.7 Å². The monoisotopic (exact) mass is 1000 g/mol. The highest BCUT2D eigenvalue weighted by Gasteiger charge is 2.26. The summed E-state index contributed by atoms with van der Waals surface area (Å²) in [6.45, 7) is 62.2. The molecular weight excluding hydrogens is 887 g/mol. The van der Waals surface area contributed by atoms with Crippen molar-refractivity contribution in [2.24, 2.45) is 27.1 Å². The molecule has 0 aliphatic heterocycles. The van der Waals surface area contributed by atoms with Crippen molar-refractivity contribution in [3.05, 3.63) is 0 Å². The average Bonchev–Trinajstić information content (AvgIpc) is 2.80. The zero-order valence-corrected chi connectivity index (χ0v) is 51.7. The van der Waals surface area contributed by atoms with Crippen molar-refractivity contribution in [2.45, 2.75) is 248 Å². The number of quaternary nitrogens is 1. The quantitative estimate of drug-likeness (QED) is 0.124. The van der Waals surface area contributed by atoms with Gasteiger partial charge in [-0.15, -0.1) is 0 Å². The van der Waals surface area contributed by atoms with E-state index in [1.165, 1.54) is 12.8 Å². The Morgan fingerprint density at radius 1 is 0.613 bits per heavy atom. The molecule has 0 aromatic carbocycles. The minimum atomic E-state index is -3.79. The molecule has 0 aliphatic carbocycles. The molecule has 0 aromatic heterocycles. The molecule has 0 heterocycles. The van der Waals surface area contributed by atoms with Crippen molar-refractivity contribution in [3.8, 4) is 0 Å². The summed E-state index contributed by atoms with van der Waals surface area (Å²) in [6.07, 6.45) is 3.89. The zero-order chi connectivity index (χ0) is 53.8. The number of methoxy groups -OCH3 is 1. The largest absolute Gasteiger partial charge is 0.481 e. The Bertz CT molecular complexity index is 1140. The van der Waals surface area contributed by atoms with Gasteiger partial charge in [-0.3, -0.25) is 9.36 Å². The molecule has 0 spiro atoms. The SMILES string of the molecule is CC(C)(C)Br.CC(C)(C)C.CC(C)(C)CC(=O)O.CC(C)(C)CP(=O)(O)O.CC(C)(C)NS(C)(=O)=O.CC(C)(C)[N+](C)(C)C.CCC(C)(C)C.CCC(C)(C)C.COC(C)(C)C. The Balaban J connectivity index is -0.0000000734. The normalized spacial score (nSPS) is 12.7. The van der Waals surface area contributed by atoms with Gasteiger partial charge in [0.05, 0.1) is 51.1 Å². The molecule has 62 heavy (non-hydrogen) atoms. The van der Waals surface area contributed by atoms with Crippen LogP contribution >= 0.6 is 23.5 Å². The van der Waals surface area contributed by atoms with Crippen LogP contribution in [-0.2, 0) is 24.1 Å². The minimum Gasteiger partial charge on any atom is -0.481 e. The van der Waals surface area contributed by atoms with Gasteiger partial charge in [-0.1, -0.05) is 174 Å². The Morgan fingerprint density at radius 2 is 0.806 bits per heavy atom. The number of sulfonamides is 1. The number of rotatable bonds is 3. The number of halogens is 1. The summed E-state index contributed by atoms with van der Waals surface area (Å²) in [4.78, 5) is 26.9. The first-order valence-electron chi connectivity index (χ1n) is 22.1. The van der Waals surface area contributed by atoms with Crippen LogP contribution in [0, 0.1) is 27.1 Å². The highest BCUT2D eigenvalue weighted by Crippen LogP contribution is 2.41. The number of alkyl halides is 1. The summed E-state index contributed by atoms with van der Waals surface area (Å²) in [5.41, 5.74) is 1.29. The fourth-order valence-electron chi connectivity index (χ4n) is 1.63. The number of aliphatic carboxylic acids is 1. The smallest absolute Gasteiger partial charge is 0.326 e. The third-order valence-electron chi connectivity index (χ3n) is 6.60. The summed E-state index contributed by atoms with van der Waals surface area (Å²) in [5.74, 6) is -0.725. The fraction of sp³-hybridized carbons (Fsp3) is 0.980. The van der Waals surface area contributed by atoms with Crippen LogP contribution in [0.4, 0.5) is 0 Å². The minimum absolute atomic E-state index is 0.0417. The molecule has 388 valence electrons. The predicted molar refractivity (Wildman–Crippen MR) is 284 cm³/mol. The molecular formula is C49H117BrN2O8PS+. The first-order chi connectivity index (χ1) is 25.8. The van der Waals surface area contributed by atoms with Crippen molar-refractivity contribution >= 4 is 39.5 Å². The van der Waals surface area contributed by atoms with Crippen molar-refractivity contribution < 1.29 is 41.9 Å². The third kappa shape index (κ3) is 171. The highest BCUT2D eigenvalue weighted by atomic mass is 79.9. The second kappa shape index (κ2) is 33.4. The van der Waals surface area contributed by atoms with Crippen LogP contribution in [0.15, 0.2) is 0 Å². The average molecular weight is 1010 g/mol. The first kappa shape index (κ1) is 82.1.